The molecule has 0 fully saturated rings. The predicted molar refractivity (Wildman–Crippen MR) is 75.7 cm³/mol. The lowest BCUT2D eigenvalue weighted by molar-refractivity contribution is -0.156. The van der Waals surface area contributed by atoms with Crippen LogP contribution in [-0.4, -0.2) is 55.2 Å². The molecule has 7 nitrogen and oxygen atoms in total. The first-order valence-electron chi connectivity index (χ1n) is 6.27. The van der Waals surface area contributed by atoms with Gasteiger partial charge in [0.15, 0.2) is 0 Å². The monoisotopic (exact) mass is 308 g/mol. The van der Waals surface area contributed by atoms with Crippen molar-refractivity contribution in [3.8, 4) is 0 Å². The molecule has 0 heterocycles. The SMILES string of the molecule is CC(C)CC(NS(C)(=O)=O)C(=O)N(C)C(C)(C)C(=O)O. The highest BCUT2D eigenvalue weighted by Crippen LogP contribution is 2.16. The molecule has 1 unspecified atom stereocenters. The summed E-state index contributed by atoms with van der Waals surface area (Å²) in [5.41, 5.74) is -1.41. The third-order valence-corrected chi connectivity index (χ3v) is 3.77. The van der Waals surface area contributed by atoms with Gasteiger partial charge in [-0.1, -0.05) is 13.8 Å². The normalized spacial score (nSPS) is 14.2. The van der Waals surface area contributed by atoms with E-state index in [1.165, 1.54) is 20.9 Å². The van der Waals surface area contributed by atoms with Crippen molar-refractivity contribution in [2.24, 2.45) is 5.92 Å². The predicted octanol–water partition coefficient (Wildman–Crippen LogP) is 0.272. The summed E-state index contributed by atoms with van der Waals surface area (Å²) in [6, 6.07) is -0.964. The van der Waals surface area contributed by atoms with Gasteiger partial charge in [0.1, 0.15) is 11.6 Å². The number of sulfonamides is 1. The van der Waals surface area contributed by atoms with Gasteiger partial charge in [0.05, 0.1) is 6.26 Å². The zero-order valence-electron chi connectivity index (χ0n) is 12.8. The average Bonchev–Trinajstić information content (AvgIpc) is 2.23. The van der Waals surface area contributed by atoms with Crippen molar-refractivity contribution >= 4 is 21.9 Å². The number of amides is 1. The Kier molecular flexibility index (Phi) is 6.16. The topological polar surface area (TPSA) is 104 Å². The molecular weight excluding hydrogens is 284 g/mol. The van der Waals surface area contributed by atoms with Crippen LogP contribution in [-0.2, 0) is 19.6 Å². The molecule has 1 amide bonds. The van der Waals surface area contributed by atoms with E-state index in [4.69, 9.17) is 5.11 Å². The van der Waals surface area contributed by atoms with Gasteiger partial charge in [0.2, 0.25) is 15.9 Å². The van der Waals surface area contributed by atoms with E-state index in [1.807, 2.05) is 13.8 Å². The second-order valence-corrected chi connectivity index (χ2v) is 7.61. The molecule has 0 aromatic carbocycles. The van der Waals surface area contributed by atoms with Crippen LogP contribution >= 0.6 is 0 Å². The van der Waals surface area contributed by atoms with Crippen molar-refractivity contribution in [3.05, 3.63) is 0 Å². The van der Waals surface area contributed by atoms with Gasteiger partial charge in [-0.15, -0.1) is 0 Å². The highest BCUT2D eigenvalue weighted by atomic mass is 32.2. The van der Waals surface area contributed by atoms with Crippen LogP contribution in [0, 0.1) is 5.92 Å². The smallest absolute Gasteiger partial charge is 0.329 e. The Morgan fingerprint density at radius 1 is 1.30 bits per heavy atom. The molecule has 0 spiro atoms. The number of hydrogen-bond acceptors (Lipinski definition) is 4. The summed E-state index contributed by atoms with van der Waals surface area (Å²) in [5.74, 6) is -1.63. The maximum Gasteiger partial charge on any atom is 0.329 e. The number of carboxylic acids is 1. The Bertz CT molecular complexity index is 470. The highest BCUT2D eigenvalue weighted by molar-refractivity contribution is 7.88. The molecule has 0 radical (unpaired) electrons. The first kappa shape index (κ1) is 18.9. The minimum absolute atomic E-state index is 0.0829. The molecule has 0 aromatic heterocycles. The number of carbonyl (C=O) groups excluding carboxylic acids is 1. The summed E-state index contributed by atoms with van der Waals surface area (Å²) in [5, 5.41) is 9.12. The molecule has 0 aliphatic heterocycles. The largest absolute Gasteiger partial charge is 0.480 e. The molecule has 0 saturated carbocycles. The molecule has 0 aliphatic carbocycles. The summed E-state index contributed by atoms with van der Waals surface area (Å²) in [6.45, 7) is 6.49. The molecule has 2 N–H and O–H groups in total. The lowest BCUT2D eigenvalue weighted by Crippen LogP contribution is -2.57. The summed E-state index contributed by atoms with van der Waals surface area (Å²) < 4.78 is 24.9. The van der Waals surface area contributed by atoms with Crippen molar-refractivity contribution in [1.82, 2.24) is 9.62 Å². The van der Waals surface area contributed by atoms with Crippen LogP contribution in [0.5, 0.6) is 0 Å². The van der Waals surface area contributed by atoms with Gasteiger partial charge in [-0.05, 0) is 26.2 Å². The minimum atomic E-state index is -3.56. The number of nitrogens with one attached hydrogen (secondary N) is 1. The van der Waals surface area contributed by atoms with Crippen LogP contribution < -0.4 is 4.72 Å². The molecule has 118 valence electrons. The van der Waals surface area contributed by atoms with Gasteiger partial charge in [0.25, 0.3) is 0 Å². The molecule has 0 bridgehead atoms. The van der Waals surface area contributed by atoms with Crippen LogP contribution in [0.2, 0.25) is 0 Å². The fourth-order valence-electron chi connectivity index (χ4n) is 1.58. The highest BCUT2D eigenvalue weighted by Gasteiger charge is 2.38. The second-order valence-electron chi connectivity index (χ2n) is 5.83. The van der Waals surface area contributed by atoms with Gasteiger partial charge in [-0.2, -0.15) is 0 Å². The van der Waals surface area contributed by atoms with Gasteiger partial charge in [-0.25, -0.2) is 17.9 Å². The van der Waals surface area contributed by atoms with Crippen LogP contribution in [0.1, 0.15) is 34.1 Å². The number of carbonyl (C=O) groups is 2. The van der Waals surface area contributed by atoms with Crippen molar-refractivity contribution in [2.45, 2.75) is 45.7 Å². The van der Waals surface area contributed by atoms with E-state index in [0.717, 1.165) is 11.2 Å². The Balaban J connectivity index is 5.28. The summed E-state index contributed by atoms with van der Waals surface area (Å²) in [7, 11) is -2.20. The van der Waals surface area contributed by atoms with E-state index in [2.05, 4.69) is 4.72 Å². The summed E-state index contributed by atoms with van der Waals surface area (Å²) >= 11 is 0. The maximum absolute atomic E-state index is 12.3. The summed E-state index contributed by atoms with van der Waals surface area (Å²) in [4.78, 5) is 24.6. The first-order chi connectivity index (χ1) is 8.79. The number of rotatable bonds is 7. The molecule has 0 saturated heterocycles. The number of carboxylic acid groups (broad SMARTS) is 1. The lowest BCUT2D eigenvalue weighted by Gasteiger charge is -2.34. The van der Waals surface area contributed by atoms with Gasteiger partial charge >= 0.3 is 5.97 Å². The van der Waals surface area contributed by atoms with Crippen molar-refractivity contribution < 1.29 is 23.1 Å². The third kappa shape index (κ3) is 5.46. The van der Waals surface area contributed by atoms with E-state index >= 15 is 0 Å². The Labute approximate surface area is 120 Å². The Morgan fingerprint density at radius 2 is 1.75 bits per heavy atom. The zero-order chi connectivity index (χ0) is 16.3. The number of likely N-dealkylation sites (N-methyl/N-ethyl adjacent to an activating group) is 1. The van der Waals surface area contributed by atoms with Crippen LogP contribution in [0.25, 0.3) is 0 Å². The van der Waals surface area contributed by atoms with Crippen LogP contribution in [0.3, 0.4) is 0 Å². The van der Waals surface area contributed by atoms with E-state index in [1.54, 1.807) is 0 Å². The van der Waals surface area contributed by atoms with Crippen LogP contribution in [0.15, 0.2) is 0 Å². The molecule has 0 rings (SSSR count). The number of aliphatic carboxylic acids is 1. The molecule has 0 aromatic rings. The number of nitrogens with zero attached hydrogens (tertiary/aromatic N) is 1. The minimum Gasteiger partial charge on any atom is -0.480 e. The van der Waals surface area contributed by atoms with Crippen molar-refractivity contribution in [3.63, 3.8) is 0 Å². The fraction of sp³-hybridized carbons (Fsp3) is 0.833. The molecule has 0 aliphatic rings. The van der Waals surface area contributed by atoms with E-state index < -0.39 is 33.5 Å². The van der Waals surface area contributed by atoms with Crippen LogP contribution in [0.4, 0.5) is 0 Å². The number of hydrogen-bond donors (Lipinski definition) is 2. The molecule has 20 heavy (non-hydrogen) atoms. The van der Waals surface area contributed by atoms with Gasteiger partial charge < -0.3 is 10.0 Å². The Hall–Kier alpha value is -1.15. The Morgan fingerprint density at radius 3 is 2.05 bits per heavy atom. The molecule has 8 heteroatoms. The quantitative estimate of drug-likeness (QED) is 0.702. The molecule has 1 atom stereocenters. The van der Waals surface area contributed by atoms with E-state index in [0.29, 0.717) is 6.42 Å². The second kappa shape index (κ2) is 6.53. The van der Waals surface area contributed by atoms with Gasteiger partial charge in [-0.3, -0.25) is 4.79 Å². The first-order valence-corrected chi connectivity index (χ1v) is 8.16. The van der Waals surface area contributed by atoms with E-state index in [9.17, 15) is 18.0 Å². The van der Waals surface area contributed by atoms with E-state index in [-0.39, 0.29) is 5.92 Å². The lowest BCUT2D eigenvalue weighted by atomic mass is 9.99. The maximum atomic E-state index is 12.3. The zero-order valence-corrected chi connectivity index (χ0v) is 13.6. The van der Waals surface area contributed by atoms with Crippen molar-refractivity contribution in [2.75, 3.05) is 13.3 Å². The fourth-order valence-corrected chi connectivity index (χ4v) is 2.30. The standard InChI is InChI=1S/C12H24N2O5S/c1-8(2)7-9(13-20(6,18)19)10(15)14(5)12(3,4)11(16)17/h8-9,13H,7H2,1-6H3,(H,16,17). The summed E-state index contributed by atoms with van der Waals surface area (Å²) in [6.07, 6.45) is 1.27. The third-order valence-electron chi connectivity index (χ3n) is 3.05. The molecular formula is C12H24N2O5S. The average molecular weight is 308 g/mol. The van der Waals surface area contributed by atoms with Crippen molar-refractivity contribution in [1.29, 1.82) is 0 Å². The van der Waals surface area contributed by atoms with Gasteiger partial charge in [0, 0.05) is 7.05 Å².